The molecule has 1 heterocycles. The number of carbonyl (C=O) groups excluding carboxylic acids is 1. The van der Waals surface area contributed by atoms with E-state index in [1.807, 2.05) is 0 Å². The summed E-state index contributed by atoms with van der Waals surface area (Å²) in [6.45, 7) is 0.710. The van der Waals surface area contributed by atoms with Crippen molar-refractivity contribution in [1.82, 2.24) is 0 Å². The first-order valence-corrected chi connectivity index (χ1v) is 6.44. The van der Waals surface area contributed by atoms with Crippen molar-refractivity contribution in [2.45, 2.75) is 31.2 Å². The summed E-state index contributed by atoms with van der Waals surface area (Å²) >= 11 is 0. The van der Waals surface area contributed by atoms with Crippen LogP contribution in [-0.4, -0.2) is 19.3 Å². The van der Waals surface area contributed by atoms with E-state index >= 15 is 0 Å². The van der Waals surface area contributed by atoms with E-state index in [-0.39, 0.29) is 5.75 Å². The van der Waals surface area contributed by atoms with Crippen LogP contribution in [0.1, 0.15) is 31.2 Å². The van der Waals surface area contributed by atoms with E-state index in [4.69, 9.17) is 9.47 Å². The van der Waals surface area contributed by atoms with E-state index in [0.29, 0.717) is 19.0 Å². The number of isocyanates is 1. The second-order valence-electron chi connectivity index (χ2n) is 4.89. The van der Waals surface area contributed by atoms with Gasteiger partial charge in [0.2, 0.25) is 6.08 Å². The molecule has 1 aliphatic heterocycles. The van der Waals surface area contributed by atoms with E-state index in [2.05, 4.69) is 4.99 Å². The Morgan fingerprint density at radius 3 is 2.53 bits per heavy atom. The van der Waals surface area contributed by atoms with Crippen molar-refractivity contribution in [1.29, 1.82) is 0 Å². The fourth-order valence-electron chi connectivity index (χ4n) is 2.96. The second kappa shape index (κ2) is 4.67. The van der Waals surface area contributed by atoms with Crippen molar-refractivity contribution >= 4 is 6.08 Å². The lowest BCUT2D eigenvalue weighted by Gasteiger charge is -2.29. The summed E-state index contributed by atoms with van der Waals surface area (Å²) < 4.78 is 24.6. The Kier molecular flexibility index (Phi) is 2.99. The number of benzene rings is 1. The standard InChI is InChI=1S/C14H14FNO3/c15-11-4-3-10(12-13(11)19-8-7-18-12)14(16-9-17)5-1-2-6-14/h3-4H,1-2,5-8H2. The molecular weight excluding hydrogens is 249 g/mol. The summed E-state index contributed by atoms with van der Waals surface area (Å²) in [6, 6.07) is 3.00. The molecule has 1 aromatic carbocycles. The van der Waals surface area contributed by atoms with Crippen LogP contribution in [0.15, 0.2) is 17.1 Å². The van der Waals surface area contributed by atoms with Gasteiger partial charge < -0.3 is 9.47 Å². The van der Waals surface area contributed by atoms with Crippen LogP contribution in [0.4, 0.5) is 4.39 Å². The highest BCUT2D eigenvalue weighted by molar-refractivity contribution is 5.53. The van der Waals surface area contributed by atoms with Crippen molar-refractivity contribution in [3.05, 3.63) is 23.5 Å². The van der Waals surface area contributed by atoms with E-state index in [1.54, 1.807) is 12.1 Å². The minimum absolute atomic E-state index is 0.135. The highest BCUT2D eigenvalue weighted by atomic mass is 19.1. The van der Waals surface area contributed by atoms with Gasteiger partial charge in [0.05, 0.1) is 0 Å². The number of rotatable bonds is 2. The third-order valence-electron chi connectivity index (χ3n) is 3.83. The van der Waals surface area contributed by atoms with Gasteiger partial charge in [0.25, 0.3) is 0 Å². The molecule has 1 fully saturated rings. The van der Waals surface area contributed by atoms with Crippen LogP contribution in [-0.2, 0) is 10.3 Å². The number of hydrogen-bond acceptors (Lipinski definition) is 4. The molecule has 19 heavy (non-hydrogen) atoms. The summed E-state index contributed by atoms with van der Waals surface area (Å²) in [7, 11) is 0. The number of halogens is 1. The van der Waals surface area contributed by atoms with Gasteiger partial charge in [-0.05, 0) is 25.0 Å². The van der Waals surface area contributed by atoms with Gasteiger partial charge in [-0.2, -0.15) is 4.99 Å². The Balaban J connectivity index is 2.16. The SMILES string of the molecule is O=C=NC1(c2ccc(F)c3c2OCCO3)CCCC1. The molecule has 0 spiro atoms. The molecular formula is C14H14FNO3. The monoisotopic (exact) mass is 263 g/mol. The van der Waals surface area contributed by atoms with Gasteiger partial charge in [-0.1, -0.05) is 12.8 Å². The molecule has 4 nitrogen and oxygen atoms in total. The van der Waals surface area contributed by atoms with Crippen LogP contribution in [0.5, 0.6) is 11.5 Å². The molecule has 3 rings (SSSR count). The maximum atomic E-state index is 13.7. The normalized spacial score (nSPS) is 19.8. The number of ether oxygens (including phenoxy) is 2. The van der Waals surface area contributed by atoms with Crippen molar-refractivity contribution < 1.29 is 18.7 Å². The first-order chi connectivity index (χ1) is 9.27. The van der Waals surface area contributed by atoms with Crippen LogP contribution >= 0.6 is 0 Å². The summed E-state index contributed by atoms with van der Waals surface area (Å²) in [6.07, 6.45) is 5.13. The van der Waals surface area contributed by atoms with E-state index in [0.717, 1.165) is 31.2 Å². The Hall–Kier alpha value is -1.87. The van der Waals surface area contributed by atoms with Gasteiger partial charge in [-0.15, -0.1) is 0 Å². The molecule has 1 saturated carbocycles. The van der Waals surface area contributed by atoms with Crippen LogP contribution in [0.2, 0.25) is 0 Å². The molecule has 0 radical (unpaired) electrons. The van der Waals surface area contributed by atoms with E-state index < -0.39 is 11.4 Å². The Morgan fingerprint density at radius 1 is 1.16 bits per heavy atom. The first kappa shape index (κ1) is 12.2. The third-order valence-corrected chi connectivity index (χ3v) is 3.83. The first-order valence-electron chi connectivity index (χ1n) is 6.44. The average Bonchev–Trinajstić information content (AvgIpc) is 2.89. The Labute approximate surface area is 110 Å². The van der Waals surface area contributed by atoms with Crippen molar-refractivity contribution in [3.8, 4) is 11.5 Å². The lowest BCUT2D eigenvalue weighted by atomic mass is 9.87. The van der Waals surface area contributed by atoms with Gasteiger partial charge in [0.15, 0.2) is 17.3 Å². The van der Waals surface area contributed by atoms with Crippen LogP contribution in [0.3, 0.4) is 0 Å². The van der Waals surface area contributed by atoms with E-state index in [9.17, 15) is 9.18 Å². The number of nitrogens with zero attached hydrogens (tertiary/aromatic N) is 1. The van der Waals surface area contributed by atoms with Crippen LogP contribution in [0, 0.1) is 5.82 Å². The fraction of sp³-hybridized carbons (Fsp3) is 0.500. The maximum Gasteiger partial charge on any atom is 0.235 e. The predicted octanol–water partition coefficient (Wildman–Crippen LogP) is 2.70. The van der Waals surface area contributed by atoms with Gasteiger partial charge in [0, 0.05) is 5.56 Å². The van der Waals surface area contributed by atoms with Gasteiger partial charge in [-0.3, -0.25) is 0 Å². The van der Waals surface area contributed by atoms with Crippen molar-refractivity contribution in [2.24, 2.45) is 4.99 Å². The third kappa shape index (κ3) is 1.90. The fourth-order valence-corrected chi connectivity index (χ4v) is 2.96. The largest absolute Gasteiger partial charge is 0.486 e. The highest BCUT2D eigenvalue weighted by Gasteiger charge is 2.40. The molecule has 0 amide bonds. The predicted molar refractivity (Wildman–Crippen MR) is 65.7 cm³/mol. The van der Waals surface area contributed by atoms with Gasteiger partial charge >= 0.3 is 0 Å². The van der Waals surface area contributed by atoms with Crippen molar-refractivity contribution in [3.63, 3.8) is 0 Å². The summed E-state index contributed by atoms with van der Waals surface area (Å²) in [5.74, 6) is 0.0879. The number of aliphatic imine (C=N–C) groups is 1. The minimum atomic E-state index is -0.625. The molecule has 0 aromatic heterocycles. The zero-order valence-corrected chi connectivity index (χ0v) is 10.4. The molecule has 0 atom stereocenters. The molecule has 0 bridgehead atoms. The summed E-state index contributed by atoms with van der Waals surface area (Å²) in [5, 5.41) is 0. The lowest BCUT2D eigenvalue weighted by molar-refractivity contribution is 0.160. The quantitative estimate of drug-likeness (QED) is 0.609. The smallest absolute Gasteiger partial charge is 0.235 e. The topological polar surface area (TPSA) is 47.9 Å². The lowest BCUT2D eigenvalue weighted by Crippen LogP contribution is -2.24. The zero-order valence-electron chi connectivity index (χ0n) is 10.4. The molecule has 1 aromatic rings. The average molecular weight is 263 g/mol. The van der Waals surface area contributed by atoms with Crippen molar-refractivity contribution in [2.75, 3.05) is 13.2 Å². The zero-order chi connectivity index (χ0) is 13.3. The highest BCUT2D eigenvalue weighted by Crippen LogP contribution is 2.49. The molecule has 100 valence electrons. The molecule has 0 unspecified atom stereocenters. The molecule has 0 N–H and O–H groups in total. The molecule has 1 aliphatic carbocycles. The van der Waals surface area contributed by atoms with Crippen LogP contribution < -0.4 is 9.47 Å². The Bertz CT molecular complexity index is 546. The Morgan fingerprint density at radius 2 is 1.84 bits per heavy atom. The van der Waals surface area contributed by atoms with Gasteiger partial charge in [-0.25, -0.2) is 9.18 Å². The summed E-state index contributed by atoms with van der Waals surface area (Å²) in [4.78, 5) is 14.7. The number of hydrogen-bond donors (Lipinski definition) is 0. The van der Waals surface area contributed by atoms with E-state index in [1.165, 1.54) is 6.07 Å². The number of fused-ring (bicyclic) bond motifs is 1. The second-order valence-corrected chi connectivity index (χ2v) is 4.89. The summed E-state index contributed by atoms with van der Waals surface area (Å²) in [5.41, 5.74) is 0.115. The molecule has 2 aliphatic rings. The molecule has 5 heteroatoms. The van der Waals surface area contributed by atoms with Gasteiger partial charge in [0.1, 0.15) is 18.8 Å². The maximum absolute atomic E-state index is 13.7. The minimum Gasteiger partial charge on any atom is -0.486 e. The molecule has 0 saturated heterocycles. The van der Waals surface area contributed by atoms with Crippen LogP contribution in [0.25, 0.3) is 0 Å².